The molecule has 0 aromatic rings. The van der Waals surface area contributed by atoms with Gasteiger partial charge in [0.15, 0.2) is 0 Å². The summed E-state index contributed by atoms with van der Waals surface area (Å²) in [5.41, 5.74) is 0. The number of carbonyl (C=O) groups excluding carboxylic acids is 1. The average Bonchev–Trinajstić information content (AvgIpc) is 1.96. The zero-order valence-electron chi connectivity index (χ0n) is 7.17. The molecule has 0 N–H and O–H groups in total. The second kappa shape index (κ2) is 7.25. The topological polar surface area (TPSA) is 38.7 Å². The number of ether oxygens (including phenoxy) is 1. The molecule has 0 unspecified atom stereocenters. The van der Waals surface area contributed by atoms with Crippen LogP contribution >= 0.6 is 0 Å². The van der Waals surface area contributed by atoms with Gasteiger partial charge in [-0.3, -0.25) is 9.79 Å². The highest BCUT2D eigenvalue weighted by atomic mass is 16.5. The first-order valence-electron chi connectivity index (χ1n) is 3.89. The zero-order chi connectivity index (χ0) is 8.53. The summed E-state index contributed by atoms with van der Waals surface area (Å²) < 4.78 is 4.69. The van der Waals surface area contributed by atoms with Gasteiger partial charge in [-0.15, -0.1) is 0 Å². The molecule has 3 heteroatoms. The molecule has 0 amide bonds. The van der Waals surface area contributed by atoms with E-state index in [9.17, 15) is 4.79 Å². The predicted octanol–water partition coefficient (Wildman–Crippen LogP) is 1.42. The Morgan fingerprint density at radius 3 is 2.91 bits per heavy atom. The lowest BCUT2D eigenvalue weighted by Gasteiger charge is -1.95. The van der Waals surface area contributed by atoms with E-state index in [2.05, 4.69) is 11.9 Å². The van der Waals surface area contributed by atoms with Gasteiger partial charge in [-0.25, -0.2) is 0 Å². The van der Waals surface area contributed by atoms with Crippen LogP contribution in [0.25, 0.3) is 0 Å². The Labute approximate surface area is 67.5 Å². The molecule has 0 bridgehead atoms. The fraction of sp³-hybridized carbons (Fsp3) is 0.750. The fourth-order valence-corrected chi connectivity index (χ4v) is 0.567. The molecule has 3 nitrogen and oxygen atoms in total. The molecule has 0 aromatic carbocycles. The average molecular weight is 157 g/mol. The quantitative estimate of drug-likeness (QED) is 0.344. The van der Waals surface area contributed by atoms with E-state index in [-0.39, 0.29) is 5.97 Å². The van der Waals surface area contributed by atoms with Crippen LogP contribution < -0.4 is 0 Å². The number of nitrogens with zero attached hydrogens (tertiary/aromatic N) is 1. The molecule has 0 aliphatic carbocycles. The largest absolute Gasteiger partial charge is 0.465 e. The number of rotatable bonds is 5. The van der Waals surface area contributed by atoms with Gasteiger partial charge in [-0.05, 0) is 6.42 Å². The Balaban J connectivity index is 3.07. The Morgan fingerprint density at radius 1 is 1.64 bits per heavy atom. The van der Waals surface area contributed by atoms with E-state index in [0.717, 1.165) is 19.4 Å². The summed E-state index contributed by atoms with van der Waals surface area (Å²) >= 11 is 0. The van der Waals surface area contributed by atoms with E-state index < -0.39 is 0 Å². The first-order valence-corrected chi connectivity index (χ1v) is 3.89. The number of hydrogen-bond donors (Lipinski definition) is 0. The molecule has 0 spiro atoms. The highest BCUT2D eigenvalue weighted by Crippen LogP contribution is 1.82. The lowest BCUT2D eigenvalue weighted by molar-refractivity contribution is -0.140. The van der Waals surface area contributed by atoms with Crippen molar-refractivity contribution in [1.82, 2.24) is 0 Å². The highest BCUT2D eigenvalue weighted by Gasteiger charge is 1.88. The summed E-state index contributed by atoms with van der Waals surface area (Å²) in [6, 6.07) is 0. The summed E-state index contributed by atoms with van der Waals surface area (Å²) in [5.74, 6) is -0.228. The van der Waals surface area contributed by atoms with Crippen molar-refractivity contribution in [3.8, 4) is 0 Å². The second-order valence-corrected chi connectivity index (χ2v) is 2.22. The van der Waals surface area contributed by atoms with Crippen LogP contribution in [0, 0.1) is 0 Å². The van der Waals surface area contributed by atoms with Gasteiger partial charge < -0.3 is 4.74 Å². The minimum Gasteiger partial charge on any atom is -0.465 e. The molecule has 0 aromatic heterocycles. The maximum absolute atomic E-state index is 10.3. The molecule has 0 saturated heterocycles. The first kappa shape index (κ1) is 10.1. The van der Waals surface area contributed by atoms with Crippen LogP contribution in [0.15, 0.2) is 4.99 Å². The van der Waals surface area contributed by atoms with Crippen molar-refractivity contribution in [2.45, 2.75) is 26.7 Å². The van der Waals surface area contributed by atoms with E-state index in [1.807, 2.05) is 0 Å². The Bertz CT molecular complexity index is 132. The van der Waals surface area contributed by atoms with Gasteiger partial charge in [0, 0.05) is 26.1 Å². The molecule has 0 heterocycles. The van der Waals surface area contributed by atoms with Gasteiger partial charge in [0.1, 0.15) is 0 Å². The molecule has 0 atom stereocenters. The summed E-state index contributed by atoms with van der Waals surface area (Å²) in [6.07, 6.45) is 3.58. The zero-order valence-corrected chi connectivity index (χ0v) is 7.17. The Kier molecular flexibility index (Phi) is 6.68. The molecule has 0 saturated carbocycles. The Hall–Kier alpha value is -0.860. The third-order valence-corrected chi connectivity index (χ3v) is 1.03. The van der Waals surface area contributed by atoms with E-state index in [4.69, 9.17) is 4.74 Å². The van der Waals surface area contributed by atoms with Crippen molar-refractivity contribution in [3.63, 3.8) is 0 Å². The summed E-state index contributed by atoms with van der Waals surface area (Å²) in [5, 5.41) is 0. The van der Waals surface area contributed by atoms with Crippen molar-refractivity contribution in [2.24, 2.45) is 4.99 Å². The number of carbonyl (C=O) groups is 1. The summed E-state index contributed by atoms with van der Waals surface area (Å²) in [7, 11) is 0. The lowest BCUT2D eigenvalue weighted by atomic mass is 10.4. The van der Waals surface area contributed by atoms with Crippen molar-refractivity contribution in [3.05, 3.63) is 0 Å². The number of hydrogen-bond acceptors (Lipinski definition) is 3. The Morgan fingerprint density at radius 2 is 2.36 bits per heavy atom. The van der Waals surface area contributed by atoms with Crippen molar-refractivity contribution in [2.75, 3.05) is 13.2 Å². The van der Waals surface area contributed by atoms with Crippen LogP contribution in [0.4, 0.5) is 0 Å². The molecular weight excluding hydrogens is 142 g/mol. The van der Waals surface area contributed by atoms with Crippen molar-refractivity contribution in [1.29, 1.82) is 0 Å². The maximum atomic E-state index is 10.3. The monoisotopic (exact) mass is 157 g/mol. The smallest absolute Gasteiger partial charge is 0.302 e. The van der Waals surface area contributed by atoms with Crippen LogP contribution in [0.5, 0.6) is 0 Å². The molecular formula is C8H15NO2. The molecule has 0 radical (unpaired) electrons. The van der Waals surface area contributed by atoms with Crippen LogP contribution in [0.3, 0.4) is 0 Å². The van der Waals surface area contributed by atoms with Crippen LogP contribution in [-0.4, -0.2) is 25.3 Å². The van der Waals surface area contributed by atoms with Crippen molar-refractivity contribution < 1.29 is 9.53 Å². The third kappa shape index (κ3) is 9.14. The predicted molar refractivity (Wildman–Crippen MR) is 44.9 cm³/mol. The summed E-state index contributed by atoms with van der Waals surface area (Å²) in [4.78, 5) is 14.3. The van der Waals surface area contributed by atoms with Gasteiger partial charge >= 0.3 is 5.97 Å². The molecule has 0 aliphatic rings. The molecule has 0 fully saturated rings. The van der Waals surface area contributed by atoms with E-state index in [1.54, 1.807) is 6.21 Å². The molecule has 0 rings (SSSR count). The fourth-order valence-electron chi connectivity index (χ4n) is 0.567. The molecule has 11 heavy (non-hydrogen) atoms. The molecule has 64 valence electrons. The lowest BCUT2D eigenvalue weighted by Crippen LogP contribution is -2.00. The number of esters is 1. The highest BCUT2D eigenvalue weighted by molar-refractivity contribution is 5.66. The van der Waals surface area contributed by atoms with Crippen LogP contribution in [0.2, 0.25) is 0 Å². The first-order chi connectivity index (χ1) is 5.27. The van der Waals surface area contributed by atoms with Gasteiger partial charge in [0.25, 0.3) is 0 Å². The standard InChI is InChI=1S/C8H15NO2/c1-3-5-9-6-4-7-11-8(2)10/h6H,3-5,7H2,1-2H3. The van der Waals surface area contributed by atoms with Gasteiger partial charge in [0.2, 0.25) is 0 Å². The number of aliphatic imine (C=N–C) groups is 1. The summed E-state index contributed by atoms with van der Waals surface area (Å²) in [6.45, 7) is 4.79. The van der Waals surface area contributed by atoms with E-state index in [1.165, 1.54) is 6.92 Å². The van der Waals surface area contributed by atoms with E-state index >= 15 is 0 Å². The second-order valence-electron chi connectivity index (χ2n) is 2.22. The minimum absolute atomic E-state index is 0.228. The van der Waals surface area contributed by atoms with Crippen molar-refractivity contribution >= 4 is 12.2 Å². The van der Waals surface area contributed by atoms with E-state index in [0.29, 0.717) is 6.61 Å². The minimum atomic E-state index is -0.228. The third-order valence-electron chi connectivity index (χ3n) is 1.03. The van der Waals surface area contributed by atoms with Gasteiger partial charge in [-0.1, -0.05) is 6.92 Å². The van der Waals surface area contributed by atoms with Gasteiger partial charge in [0.05, 0.1) is 6.61 Å². The van der Waals surface area contributed by atoms with Gasteiger partial charge in [-0.2, -0.15) is 0 Å². The maximum Gasteiger partial charge on any atom is 0.302 e. The normalized spacial score (nSPS) is 10.4. The van der Waals surface area contributed by atoms with Crippen LogP contribution in [0.1, 0.15) is 26.7 Å². The van der Waals surface area contributed by atoms with Crippen LogP contribution in [-0.2, 0) is 9.53 Å². The SMILES string of the molecule is CCCN=CCCOC(C)=O. The molecule has 0 aliphatic heterocycles.